The highest BCUT2D eigenvalue weighted by molar-refractivity contribution is 4.92. The van der Waals surface area contributed by atoms with Crippen molar-refractivity contribution < 1.29 is 0 Å². The lowest BCUT2D eigenvalue weighted by Gasteiger charge is -2.33. The van der Waals surface area contributed by atoms with Crippen LogP contribution in [0.15, 0.2) is 0 Å². The van der Waals surface area contributed by atoms with E-state index in [0.717, 1.165) is 23.9 Å². The number of hydrogen-bond acceptors (Lipinski definition) is 1. The van der Waals surface area contributed by atoms with E-state index in [0.29, 0.717) is 5.41 Å². The summed E-state index contributed by atoms with van der Waals surface area (Å²) in [6, 6.07) is 1.46. The molecule has 1 aliphatic rings. The zero-order chi connectivity index (χ0) is 13.1. The molecule has 0 aromatic rings. The summed E-state index contributed by atoms with van der Waals surface area (Å²) < 4.78 is 0. The molecule has 0 aromatic heterocycles. The van der Waals surface area contributed by atoms with Crippen LogP contribution in [-0.2, 0) is 0 Å². The van der Waals surface area contributed by atoms with Crippen molar-refractivity contribution in [3.63, 3.8) is 0 Å². The molecule has 1 heteroatoms. The van der Waals surface area contributed by atoms with Gasteiger partial charge in [-0.25, -0.2) is 0 Å². The molecule has 17 heavy (non-hydrogen) atoms. The summed E-state index contributed by atoms with van der Waals surface area (Å²) in [5.74, 6) is 1.60. The predicted octanol–water partition coefficient (Wildman–Crippen LogP) is 4.62. The Labute approximate surface area is 109 Å². The van der Waals surface area contributed by atoms with Gasteiger partial charge in [-0.2, -0.15) is 0 Å². The largest absolute Gasteiger partial charge is 0.311 e. The van der Waals surface area contributed by atoms with Gasteiger partial charge in [0, 0.05) is 12.1 Å². The van der Waals surface area contributed by atoms with Crippen molar-refractivity contribution in [3.8, 4) is 0 Å². The number of nitrogens with one attached hydrogen (secondary N) is 1. The third-order valence-electron chi connectivity index (χ3n) is 4.21. The quantitative estimate of drug-likeness (QED) is 0.713. The Balaban J connectivity index is 2.52. The molecule has 1 unspecified atom stereocenters. The van der Waals surface area contributed by atoms with Gasteiger partial charge in [0.2, 0.25) is 0 Å². The Morgan fingerprint density at radius 1 is 1.06 bits per heavy atom. The fourth-order valence-corrected chi connectivity index (χ4v) is 3.29. The van der Waals surface area contributed by atoms with Crippen LogP contribution in [0.1, 0.15) is 73.6 Å². The minimum Gasteiger partial charge on any atom is -0.311 e. The molecule has 0 aliphatic heterocycles. The van der Waals surface area contributed by atoms with E-state index in [1.807, 2.05) is 0 Å². The summed E-state index contributed by atoms with van der Waals surface area (Å²) in [4.78, 5) is 0. The van der Waals surface area contributed by atoms with Crippen molar-refractivity contribution in [3.05, 3.63) is 0 Å². The smallest absolute Gasteiger partial charge is 0.0121 e. The molecule has 1 N–H and O–H groups in total. The van der Waals surface area contributed by atoms with E-state index in [4.69, 9.17) is 0 Å². The molecule has 0 aromatic carbocycles. The van der Waals surface area contributed by atoms with Crippen LogP contribution in [0.4, 0.5) is 0 Å². The molecule has 1 aliphatic carbocycles. The zero-order valence-electron chi connectivity index (χ0n) is 12.8. The maximum atomic E-state index is 3.97. The lowest BCUT2D eigenvalue weighted by molar-refractivity contribution is 0.234. The predicted molar refractivity (Wildman–Crippen MR) is 77.3 cm³/mol. The van der Waals surface area contributed by atoms with Gasteiger partial charge in [-0.3, -0.25) is 0 Å². The lowest BCUT2D eigenvalue weighted by Crippen LogP contribution is -2.45. The minimum absolute atomic E-state index is 0.506. The Hall–Kier alpha value is -0.0400. The topological polar surface area (TPSA) is 12.0 Å². The fraction of sp³-hybridized carbons (Fsp3) is 1.00. The van der Waals surface area contributed by atoms with Gasteiger partial charge in [-0.15, -0.1) is 0 Å². The standard InChI is InChI=1S/C16H33N/c1-12(2)10-14(11-13(3)4)17-15-8-7-9-16(15,5)6/h12-15,17H,7-11H2,1-6H3. The minimum atomic E-state index is 0.506. The van der Waals surface area contributed by atoms with Gasteiger partial charge >= 0.3 is 0 Å². The highest BCUT2D eigenvalue weighted by Gasteiger charge is 2.35. The van der Waals surface area contributed by atoms with Crippen LogP contribution in [0, 0.1) is 17.3 Å². The van der Waals surface area contributed by atoms with Gasteiger partial charge in [0.05, 0.1) is 0 Å². The van der Waals surface area contributed by atoms with Crippen LogP contribution in [0.2, 0.25) is 0 Å². The molecular formula is C16H33N. The summed E-state index contributed by atoms with van der Waals surface area (Å²) in [5.41, 5.74) is 0.506. The fourth-order valence-electron chi connectivity index (χ4n) is 3.29. The van der Waals surface area contributed by atoms with Crippen LogP contribution in [0.25, 0.3) is 0 Å². The first-order valence-corrected chi connectivity index (χ1v) is 7.57. The highest BCUT2D eigenvalue weighted by Crippen LogP contribution is 2.37. The molecule has 1 atom stereocenters. The number of rotatable bonds is 6. The van der Waals surface area contributed by atoms with Crippen molar-refractivity contribution >= 4 is 0 Å². The third-order valence-corrected chi connectivity index (χ3v) is 4.21. The van der Waals surface area contributed by atoms with E-state index in [2.05, 4.69) is 46.9 Å². The molecule has 0 saturated heterocycles. The van der Waals surface area contributed by atoms with Crippen LogP contribution < -0.4 is 5.32 Å². The van der Waals surface area contributed by atoms with Gasteiger partial charge in [-0.05, 0) is 42.9 Å². The molecule has 0 spiro atoms. The van der Waals surface area contributed by atoms with Gasteiger partial charge in [0.1, 0.15) is 0 Å². The van der Waals surface area contributed by atoms with E-state index < -0.39 is 0 Å². The van der Waals surface area contributed by atoms with Crippen molar-refractivity contribution in [2.24, 2.45) is 17.3 Å². The maximum Gasteiger partial charge on any atom is 0.0121 e. The summed E-state index contributed by atoms with van der Waals surface area (Å²) in [6.45, 7) is 14.2. The first-order chi connectivity index (χ1) is 7.81. The van der Waals surface area contributed by atoms with Crippen LogP contribution in [-0.4, -0.2) is 12.1 Å². The van der Waals surface area contributed by atoms with E-state index >= 15 is 0 Å². The molecule has 0 amide bonds. The lowest BCUT2D eigenvalue weighted by atomic mass is 9.85. The molecule has 0 heterocycles. The highest BCUT2D eigenvalue weighted by atomic mass is 15.0. The third kappa shape index (κ3) is 4.99. The second-order valence-electron chi connectivity index (χ2n) is 7.56. The summed E-state index contributed by atoms with van der Waals surface area (Å²) in [6.07, 6.45) is 6.82. The summed E-state index contributed by atoms with van der Waals surface area (Å²) in [5, 5.41) is 3.97. The Morgan fingerprint density at radius 2 is 1.59 bits per heavy atom. The van der Waals surface area contributed by atoms with Gasteiger partial charge < -0.3 is 5.32 Å². The monoisotopic (exact) mass is 239 g/mol. The second kappa shape index (κ2) is 6.22. The second-order valence-corrected chi connectivity index (χ2v) is 7.56. The molecular weight excluding hydrogens is 206 g/mol. The maximum absolute atomic E-state index is 3.97. The Kier molecular flexibility index (Phi) is 5.50. The Bertz CT molecular complexity index is 208. The molecule has 1 nitrogen and oxygen atoms in total. The SMILES string of the molecule is CC(C)CC(CC(C)C)NC1CCCC1(C)C. The van der Waals surface area contributed by atoms with Crippen LogP contribution in [0.3, 0.4) is 0 Å². The average Bonchev–Trinajstić information content (AvgIpc) is 2.43. The van der Waals surface area contributed by atoms with E-state index in [1.165, 1.54) is 32.1 Å². The molecule has 0 bridgehead atoms. The average molecular weight is 239 g/mol. The number of hydrogen-bond donors (Lipinski definition) is 1. The van der Waals surface area contributed by atoms with Gasteiger partial charge in [-0.1, -0.05) is 48.0 Å². The van der Waals surface area contributed by atoms with E-state index in [-0.39, 0.29) is 0 Å². The van der Waals surface area contributed by atoms with Gasteiger partial charge in [0.15, 0.2) is 0 Å². The molecule has 1 rings (SSSR count). The molecule has 1 fully saturated rings. The Morgan fingerprint density at radius 3 is 1.94 bits per heavy atom. The van der Waals surface area contributed by atoms with Crippen molar-refractivity contribution in [1.29, 1.82) is 0 Å². The molecule has 1 saturated carbocycles. The van der Waals surface area contributed by atoms with E-state index in [9.17, 15) is 0 Å². The zero-order valence-corrected chi connectivity index (χ0v) is 12.8. The van der Waals surface area contributed by atoms with Gasteiger partial charge in [0.25, 0.3) is 0 Å². The van der Waals surface area contributed by atoms with Crippen LogP contribution in [0.5, 0.6) is 0 Å². The summed E-state index contributed by atoms with van der Waals surface area (Å²) >= 11 is 0. The van der Waals surface area contributed by atoms with E-state index in [1.54, 1.807) is 0 Å². The van der Waals surface area contributed by atoms with Crippen molar-refractivity contribution in [1.82, 2.24) is 5.32 Å². The molecule has 0 radical (unpaired) electrons. The normalized spacial score (nSPS) is 24.2. The van der Waals surface area contributed by atoms with Crippen LogP contribution >= 0.6 is 0 Å². The summed E-state index contributed by atoms with van der Waals surface area (Å²) in [7, 11) is 0. The van der Waals surface area contributed by atoms with Crippen molar-refractivity contribution in [2.45, 2.75) is 85.7 Å². The first kappa shape index (κ1) is 15.0. The van der Waals surface area contributed by atoms with Crippen molar-refractivity contribution in [2.75, 3.05) is 0 Å². The first-order valence-electron chi connectivity index (χ1n) is 7.57. The molecule has 102 valence electrons.